The lowest BCUT2D eigenvalue weighted by Crippen LogP contribution is -2.00. The lowest BCUT2D eigenvalue weighted by atomic mass is 10.0. The molecule has 5 heteroatoms. The average Bonchev–Trinajstić information content (AvgIpc) is 2.35. The van der Waals surface area contributed by atoms with Crippen LogP contribution in [0.2, 0.25) is 5.02 Å². The largest absolute Gasteiger partial charge is 0.265 e. The molecule has 0 fully saturated rings. The van der Waals surface area contributed by atoms with Crippen molar-refractivity contribution in [3.05, 3.63) is 64.4 Å². The molecule has 0 aliphatic carbocycles. The molecule has 1 heterocycles. The van der Waals surface area contributed by atoms with Crippen molar-refractivity contribution in [3.63, 3.8) is 0 Å². The zero-order valence-electron chi connectivity index (χ0n) is 9.21. The fraction of sp³-hybridized carbons (Fsp3) is 0.154. The second kappa shape index (κ2) is 5.76. The zero-order chi connectivity index (χ0) is 13.1. The second-order valence-electron chi connectivity index (χ2n) is 3.81. The zero-order valence-corrected chi connectivity index (χ0v) is 11.5. The molecule has 0 saturated heterocycles. The van der Waals surface area contributed by atoms with Gasteiger partial charge in [-0.05, 0) is 36.2 Å². The summed E-state index contributed by atoms with van der Waals surface area (Å²) in [4.78, 5) is 3.59. The number of aromatic nitrogens is 1. The van der Waals surface area contributed by atoms with Crippen molar-refractivity contribution < 1.29 is 8.78 Å². The molecule has 0 aliphatic heterocycles. The van der Waals surface area contributed by atoms with E-state index in [0.29, 0.717) is 6.42 Å². The average molecular weight is 333 g/mol. The van der Waals surface area contributed by atoms with Gasteiger partial charge in [-0.15, -0.1) is 0 Å². The van der Waals surface area contributed by atoms with Crippen LogP contribution in [-0.2, 0) is 6.42 Å². The Morgan fingerprint density at radius 3 is 2.50 bits per heavy atom. The van der Waals surface area contributed by atoms with Gasteiger partial charge in [-0.3, -0.25) is 4.98 Å². The fourth-order valence-corrected chi connectivity index (χ4v) is 2.49. The lowest BCUT2D eigenvalue weighted by molar-refractivity contribution is 0.584. The van der Waals surface area contributed by atoms with E-state index >= 15 is 0 Å². The van der Waals surface area contributed by atoms with Crippen LogP contribution < -0.4 is 0 Å². The van der Waals surface area contributed by atoms with Gasteiger partial charge < -0.3 is 0 Å². The van der Waals surface area contributed by atoms with E-state index in [-0.39, 0.29) is 15.4 Å². The van der Waals surface area contributed by atoms with E-state index in [1.165, 1.54) is 0 Å². The van der Waals surface area contributed by atoms with Crippen molar-refractivity contribution in [2.75, 3.05) is 0 Å². The monoisotopic (exact) mass is 331 g/mol. The highest BCUT2D eigenvalue weighted by Gasteiger charge is 2.16. The molecule has 0 amide bonds. The number of rotatable bonds is 3. The van der Waals surface area contributed by atoms with E-state index < -0.39 is 11.6 Å². The van der Waals surface area contributed by atoms with Crippen LogP contribution in [0.1, 0.15) is 16.0 Å². The minimum absolute atomic E-state index is 0.208. The molecule has 1 unspecified atom stereocenters. The van der Waals surface area contributed by atoms with Crippen LogP contribution in [0.4, 0.5) is 8.78 Å². The molecule has 0 N–H and O–H groups in total. The highest BCUT2D eigenvalue weighted by molar-refractivity contribution is 9.09. The van der Waals surface area contributed by atoms with Crippen molar-refractivity contribution in [2.45, 2.75) is 11.2 Å². The minimum Gasteiger partial charge on any atom is -0.265 e. The van der Waals surface area contributed by atoms with E-state index in [2.05, 4.69) is 20.9 Å². The summed E-state index contributed by atoms with van der Waals surface area (Å²) in [7, 11) is 0. The third kappa shape index (κ3) is 3.06. The van der Waals surface area contributed by atoms with Gasteiger partial charge in [-0.25, -0.2) is 8.78 Å². The number of pyridine rings is 1. The fourth-order valence-electron chi connectivity index (χ4n) is 1.61. The first-order valence-electron chi connectivity index (χ1n) is 5.25. The van der Waals surface area contributed by atoms with Gasteiger partial charge in [0.2, 0.25) is 0 Å². The van der Waals surface area contributed by atoms with Crippen molar-refractivity contribution in [1.82, 2.24) is 4.98 Å². The maximum atomic E-state index is 13.7. The Balaban J connectivity index is 2.24. The molecule has 2 rings (SSSR count). The predicted octanol–water partition coefficient (Wildman–Crippen LogP) is 4.69. The standard InChI is InChI=1S/C13H9BrClF2N/c14-10(5-8-1-3-18-4-2-8)9-6-13(17)11(15)7-12(9)16/h1-4,6-7,10H,5H2. The van der Waals surface area contributed by atoms with Crippen molar-refractivity contribution in [3.8, 4) is 0 Å². The third-order valence-corrected chi connectivity index (χ3v) is 3.65. The summed E-state index contributed by atoms with van der Waals surface area (Å²) in [5, 5.41) is -0.208. The van der Waals surface area contributed by atoms with E-state index in [9.17, 15) is 8.78 Å². The molecule has 1 aromatic heterocycles. The molecule has 0 aliphatic rings. The topological polar surface area (TPSA) is 12.9 Å². The van der Waals surface area contributed by atoms with E-state index in [4.69, 9.17) is 11.6 Å². The van der Waals surface area contributed by atoms with Gasteiger partial charge in [0.25, 0.3) is 0 Å². The van der Waals surface area contributed by atoms with Crippen LogP contribution in [-0.4, -0.2) is 4.98 Å². The molecule has 94 valence electrons. The molecule has 0 saturated carbocycles. The quantitative estimate of drug-likeness (QED) is 0.587. The molecule has 0 bridgehead atoms. The summed E-state index contributed by atoms with van der Waals surface area (Å²) in [6.45, 7) is 0. The van der Waals surface area contributed by atoms with Crippen LogP contribution in [0.25, 0.3) is 0 Å². The third-order valence-electron chi connectivity index (χ3n) is 2.54. The van der Waals surface area contributed by atoms with Gasteiger partial charge in [0.1, 0.15) is 11.6 Å². The summed E-state index contributed by atoms with van der Waals surface area (Å²) in [5.74, 6) is -1.13. The highest BCUT2D eigenvalue weighted by Crippen LogP contribution is 2.31. The minimum atomic E-state index is -0.618. The highest BCUT2D eigenvalue weighted by atomic mass is 79.9. The normalized spacial score (nSPS) is 12.4. The molecular formula is C13H9BrClF2N. The summed E-state index contributed by atoms with van der Waals surface area (Å²) < 4.78 is 27.0. The Hall–Kier alpha value is -1.00. The summed E-state index contributed by atoms with van der Waals surface area (Å²) in [6.07, 6.45) is 3.86. The number of benzene rings is 1. The van der Waals surface area contributed by atoms with Crippen LogP contribution in [0, 0.1) is 11.6 Å². The molecule has 18 heavy (non-hydrogen) atoms. The Morgan fingerprint density at radius 1 is 1.17 bits per heavy atom. The summed E-state index contributed by atoms with van der Waals surface area (Å²) in [6, 6.07) is 5.78. The molecule has 0 radical (unpaired) electrons. The van der Waals surface area contributed by atoms with Gasteiger partial charge >= 0.3 is 0 Å². The summed E-state index contributed by atoms with van der Waals surface area (Å²) in [5.41, 5.74) is 1.25. The van der Waals surface area contributed by atoms with Crippen LogP contribution in [0.15, 0.2) is 36.7 Å². The van der Waals surface area contributed by atoms with E-state index in [1.807, 2.05) is 12.1 Å². The van der Waals surface area contributed by atoms with E-state index in [1.54, 1.807) is 12.4 Å². The smallest absolute Gasteiger partial charge is 0.142 e. The second-order valence-corrected chi connectivity index (χ2v) is 5.33. The number of nitrogens with zero attached hydrogens (tertiary/aromatic N) is 1. The number of halogens is 4. The molecule has 0 spiro atoms. The van der Waals surface area contributed by atoms with Crippen LogP contribution in [0.3, 0.4) is 0 Å². The molecule has 1 nitrogen and oxygen atoms in total. The maximum absolute atomic E-state index is 13.7. The number of hydrogen-bond acceptors (Lipinski definition) is 1. The number of alkyl halides is 1. The van der Waals surface area contributed by atoms with Gasteiger partial charge in [-0.2, -0.15) is 0 Å². The van der Waals surface area contributed by atoms with E-state index in [0.717, 1.165) is 17.7 Å². The Kier molecular flexibility index (Phi) is 4.30. The first-order chi connectivity index (χ1) is 8.58. The maximum Gasteiger partial charge on any atom is 0.142 e. The van der Waals surface area contributed by atoms with Crippen molar-refractivity contribution in [2.24, 2.45) is 0 Å². The van der Waals surface area contributed by atoms with Crippen molar-refractivity contribution in [1.29, 1.82) is 0 Å². The molecule has 1 atom stereocenters. The SMILES string of the molecule is Fc1cc(C(Br)Cc2ccncc2)c(F)cc1Cl. The Bertz CT molecular complexity index is 548. The summed E-state index contributed by atoms with van der Waals surface area (Å²) >= 11 is 8.87. The molecule has 2 aromatic rings. The predicted molar refractivity (Wildman–Crippen MR) is 71.0 cm³/mol. The first-order valence-corrected chi connectivity index (χ1v) is 6.54. The Morgan fingerprint density at radius 2 is 1.83 bits per heavy atom. The van der Waals surface area contributed by atoms with Gasteiger partial charge in [0.05, 0.1) is 5.02 Å². The van der Waals surface area contributed by atoms with Gasteiger partial charge in [0, 0.05) is 22.8 Å². The first kappa shape index (κ1) is 13.4. The van der Waals surface area contributed by atoms with Gasteiger partial charge in [0.15, 0.2) is 0 Å². The van der Waals surface area contributed by atoms with Crippen LogP contribution in [0.5, 0.6) is 0 Å². The van der Waals surface area contributed by atoms with Crippen molar-refractivity contribution >= 4 is 27.5 Å². The van der Waals surface area contributed by atoms with Crippen LogP contribution >= 0.6 is 27.5 Å². The lowest BCUT2D eigenvalue weighted by Gasteiger charge is -2.12. The molecular weight excluding hydrogens is 324 g/mol. The Labute approximate surface area is 117 Å². The number of hydrogen-bond donors (Lipinski definition) is 0. The van der Waals surface area contributed by atoms with Gasteiger partial charge in [-0.1, -0.05) is 27.5 Å². The molecule has 1 aromatic carbocycles.